The summed E-state index contributed by atoms with van der Waals surface area (Å²) in [6.07, 6.45) is 1.46. The first-order chi connectivity index (χ1) is 13.9. The Morgan fingerprint density at radius 1 is 1.07 bits per heavy atom. The summed E-state index contributed by atoms with van der Waals surface area (Å²) in [5.74, 6) is 0.0208. The molecule has 0 bridgehead atoms. The minimum Gasteiger partial charge on any atom is -0.285 e. The number of benzene rings is 2. The van der Waals surface area contributed by atoms with Gasteiger partial charge in [0.2, 0.25) is 0 Å². The lowest BCUT2D eigenvalue weighted by Crippen LogP contribution is -2.31. The van der Waals surface area contributed by atoms with Crippen molar-refractivity contribution in [1.82, 2.24) is 14.6 Å². The Morgan fingerprint density at radius 2 is 1.86 bits per heavy atom. The molecule has 9 heteroatoms. The van der Waals surface area contributed by atoms with Gasteiger partial charge in [-0.2, -0.15) is 0 Å². The Kier molecular flexibility index (Phi) is 4.97. The number of pyridine rings is 1. The van der Waals surface area contributed by atoms with Crippen molar-refractivity contribution in [3.63, 3.8) is 0 Å². The monoisotopic (exact) mass is 430 g/mol. The van der Waals surface area contributed by atoms with Crippen molar-refractivity contribution in [3.05, 3.63) is 89.1 Å². The summed E-state index contributed by atoms with van der Waals surface area (Å²) in [5, 5.41) is 8.35. The number of hydrogen-bond donors (Lipinski definition) is 0. The van der Waals surface area contributed by atoms with Crippen molar-refractivity contribution in [2.24, 2.45) is 0 Å². The fraction of sp³-hybridized carbons (Fsp3) is 0.100. The Hall–Kier alpha value is -2.97. The molecule has 0 fully saturated rings. The highest BCUT2D eigenvalue weighted by molar-refractivity contribution is 7.92. The van der Waals surface area contributed by atoms with Gasteiger partial charge in [0.1, 0.15) is 16.5 Å². The summed E-state index contributed by atoms with van der Waals surface area (Å²) < 4.78 is 43.7. The molecule has 0 aliphatic rings. The molecule has 2 aromatic heterocycles. The molecule has 4 aromatic rings. The lowest BCUT2D eigenvalue weighted by molar-refractivity contribution is 0.589. The van der Waals surface area contributed by atoms with E-state index >= 15 is 0 Å². The average Bonchev–Trinajstić information content (AvgIpc) is 3.07. The van der Waals surface area contributed by atoms with Crippen molar-refractivity contribution in [1.29, 1.82) is 0 Å². The van der Waals surface area contributed by atoms with Crippen LogP contribution in [-0.2, 0) is 16.6 Å². The van der Waals surface area contributed by atoms with E-state index in [1.165, 1.54) is 30.5 Å². The van der Waals surface area contributed by atoms with Gasteiger partial charge in [0, 0.05) is 11.2 Å². The van der Waals surface area contributed by atoms with Gasteiger partial charge in [0.05, 0.1) is 12.2 Å². The van der Waals surface area contributed by atoms with E-state index in [1.54, 1.807) is 47.7 Å². The molecule has 2 heterocycles. The Morgan fingerprint density at radius 3 is 2.62 bits per heavy atom. The van der Waals surface area contributed by atoms with E-state index in [0.717, 1.165) is 4.31 Å². The number of rotatable bonds is 5. The first-order valence-corrected chi connectivity index (χ1v) is 10.5. The molecule has 0 radical (unpaired) electrons. The summed E-state index contributed by atoms with van der Waals surface area (Å²) in [4.78, 5) is 0.0317. The summed E-state index contributed by atoms with van der Waals surface area (Å²) in [5.41, 5.74) is 1.33. The Bertz CT molecular complexity index is 1310. The van der Waals surface area contributed by atoms with Crippen LogP contribution >= 0.6 is 11.6 Å². The zero-order valence-corrected chi connectivity index (χ0v) is 16.9. The van der Waals surface area contributed by atoms with Crippen LogP contribution < -0.4 is 4.31 Å². The van der Waals surface area contributed by atoms with Crippen LogP contribution in [0.4, 0.5) is 10.1 Å². The van der Waals surface area contributed by atoms with Gasteiger partial charge in [0.15, 0.2) is 5.65 Å². The molecule has 0 aliphatic heterocycles. The van der Waals surface area contributed by atoms with Gasteiger partial charge < -0.3 is 0 Å². The zero-order chi connectivity index (χ0) is 20.6. The predicted molar refractivity (Wildman–Crippen MR) is 109 cm³/mol. The third-order valence-electron chi connectivity index (χ3n) is 4.50. The van der Waals surface area contributed by atoms with Crippen LogP contribution in [0.5, 0.6) is 0 Å². The molecular formula is C20H16ClFN4O2S. The van der Waals surface area contributed by atoms with Crippen LogP contribution in [-0.4, -0.2) is 23.0 Å². The number of aryl methyl sites for hydroxylation is 1. The number of sulfonamides is 1. The van der Waals surface area contributed by atoms with Gasteiger partial charge in [-0.25, -0.2) is 12.8 Å². The fourth-order valence-electron chi connectivity index (χ4n) is 2.99. The lowest BCUT2D eigenvalue weighted by Gasteiger charge is -2.25. The normalized spacial score (nSPS) is 11.7. The van der Waals surface area contributed by atoms with Crippen molar-refractivity contribution >= 4 is 33.0 Å². The molecule has 0 saturated carbocycles. The number of aromatic nitrogens is 3. The van der Waals surface area contributed by atoms with E-state index in [9.17, 15) is 12.8 Å². The molecule has 0 aliphatic carbocycles. The molecule has 0 atom stereocenters. The maximum Gasteiger partial charge on any atom is 0.266 e. The molecule has 148 valence electrons. The number of nitrogens with zero attached hydrogens (tertiary/aromatic N) is 4. The van der Waals surface area contributed by atoms with Crippen LogP contribution in [0.3, 0.4) is 0 Å². The van der Waals surface area contributed by atoms with Gasteiger partial charge in [-0.05, 0) is 48.9 Å². The quantitative estimate of drug-likeness (QED) is 0.475. The molecule has 0 saturated heterocycles. The molecule has 6 nitrogen and oxygen atoms in total. The first-order valence-electron chi connectivity index (χ1n) is 8.69. The van der Waals surface area contributed by atoms with E-state index < -0.39 is 15.8 Å². The molecule has 4 rings (SSSR count). The van der Waals surface area contributed by atoms with Crippen LogP contribution in [0.15, 0.2) is 71.8 Å². The highest BCUT2D eigenvalue weighted by Gasteiger charge is 2.27. The van der Waals surface area contributed by atoms with E-state index in [1.807, 2.05) is 0 Å². The van der Waals surface area contributed by atoms with E-state index in [2.05, 4.69) is 10.2 Å². The number of hydrogen-bond acceptors (Lipinski definition) is 4. The smallest absolute Gasteiger partial charge is 0.266 e. The van der Waals surface area contributed by atoms with Crippen molar-refractivity contribution < 1.29 is 12.8 Å². The number of fused-ring (bicyclic) bond motifs is 1. The minimum atomic E-state index is -4.04. The highest BCUT2D eigenvalue weighted by Crippen LogP contribution is 2.28. The molecule has 0 amide bonds. The van der Waals surface area contributed by atoms with Crippen molar-refractivity contribution in [2.45, 2.75) is 18.4 Å². The maximum absolute atomic E-state index is 13.9. The van der Waals surface area contributed by atoms with Gasteiger partial charge in [-0.1, -0.05) is 35.9 Å². The molecule has 0 spiro atoms. The maximum atomic E-state index is 13.9. The van der Waals surface area contributed by atoms with Gasteiger partial charge >= 0.3 is 0 Å². The predicted octanol–water partition coefficient (Wildman–Crippen LogP) is 4.23. The van der Waals surface area contributed by atoms with Gasteiger partial charge in [-0.15, -0.1) is 10.2 Å². The molecular weight excluding hydrogens is 415 g/mol. The van der Waals surface area contributed by atoms with Gasteiger partial charge in [-0.3, -0.25) is 8.71 Å². The lowest BCUT2D eigenvalue weighted by atomic mass is 10.2. The van der Waals surface area contributed by atoms with E-state index in [4.69, 9.17) is 11.6 Å². The van der Waals surface area contributed by atoms with Crippen molar-refractivity contribution in [2.75, 3.05) is 4.31 Å². The summed E-state index contributed by atoms with van der Waals surface area (Å²) >= 11 is 6.25. The summed E-state index contributed by atoms with van der Waals surface area (Å²) in [6.45, 7) is 1.68. The molecule has 29 heavy (non-hydrogen) atoms. The topological polar surface area (TPSA) is 67.6 Å². The van der Waals surface area contributed by atoms with Crippen LogP contribution in [0, 0.1) is 12.7 Å². The zero-order valence-electron chi connectivity index (χ0n) is 15.3. The number of anilines is 1. The first kappa shape index (κ1) is 19.4. The summed E-state index contributed by atoms with van der Waals surface area (Å²) in [6, 6.07) is 15.4. The Labute approximate surface area is 172 Å². The van der Waals surface area contributed by atoms with Crippen LogP contribution in [0.1, 0.15) is 11.4 Å². The van der Waals surface area contributed by atoms with Crippen LogP contribution in [0.2, 0.25) is 5.02 Å². The molecule has 0 N–H and O–H groups in total. The largest absolute Gasteiger partial charge is 0.285 e. The standard InChI is InChI=1S/C20H16ClFN4O2S/c1-14-23-24-20-10-9-18(13-25(14)20)29(27,28)26(17-7-4-6-16(22)11-17)12-15-5-2-3-8-19(15)21/h2-11,13H,12H2,1H3. The van der Waals surface area contributed by atoms with Crippen molar-refractivity contribution in [3.8, 4) is 0 Å². The second kappa shape index (κ2) is 7.46. The fourth-order valence-corrected chi connectivity index (χ4v) is 4.62. The van der Waals surface area contributed by atoms with E-state index in [0.29, 0.717) is 22.1 Å². The van der Waals surface area contributed by atoms with E-state index in [-0.39, 0.29) is 17.1 Å². The van der Waals surface area contributed by atoms with Crippen LogP contribution in [0.25, 0.3) is 5.65 Å². The third-order valence-corrected chi connectivity index (χ3v) is 6.63. The highest BCUT2D eigenvalue weighted by atomic mass is 35.5. The number of halogens is 2. The minimum absolute atomic E-state index is 0.0317. The Balaban J connectivity index is 1.86. The molecule has 2 aromatic carbocycles. The van der Waals surface area contributed by atoms with Gasteiger partial charge in [0.25, 0.3) is 10.0 Å². The second-order valence-electron chi connectivity index (χ2n) is 6.42. The average molecular weight is 431 g/mol. The third kappa shape index (κ3) is 3.68. The second-order valence-corrected chi connectivity index (χ2v) is 8.69. The summed E-state index contributed by atoms with van der Waals surface area (Å²) in [7, 11) is -4.04. The molecule has 0 unspecified atom stereocenters. The SMILES string of the molecule is Cc1nnc2ccc(S(=O)(=O)N(Cc3ccccc3Cl)c3cccc(F)c3)cn12.